The van der Waals surface area contributed by atoms with Crippen molar-refractivity contribution < 1.29 is 9.90 Å². The third-order valence-electron chi connectivity index (χ3n) is 3.33. The van der Waals surface area contributed by atoms with Gasteiger partial charge in [0.1, 0.15) is 5.54 Å². The highest BCUT2D eigenvalue weighted by molar-refractivity contribution is 5.79. The van der Waals surface area contributed by atoms with Gasteiger partial charge in [0.15, 0.2) is 0 Å². The van der Waals surface area contributed by atoms with Crippen LogP contribution >= 0.6 is 0 Å². The maximum atomic E-state index is 11.7. The second kappa shape index (κ2) is 4.04. The molecule has 1 aliphatic carbocycles. The van der Waals surface area contributed by atoms with E-state index in [2.05, 4.69) is 11.4 Å². The number of amides is 1. The van der Waals surface area contributed by atoms with Crippen LogP contribution in [0.1, 0.15) is 19.8 Å². The number of rotatable bonds is 4. The number of nitriles is 1. The molecule has 1 saturated carbocycles. The summed E-state index contributed by atoms with van der Waals surface area (Å²) < 4.78 is 0. The number of likely N-dealkylation sites (tertiary alicyclic amines) is 1. The average Bonchev–Trinajstić information content (AvgIpc) is 2.98. The Morgan fingerprint density at radius 1 is 1.62 bits per heavy atom. The number of aliphatic hydroxyl groups is 1. The summed E-state index contributed by atoms with van der Waals surface area (Å²) >= 11 is 0. The third-order valence-corrected chi connectivity index (χ3v) is 3.33. The van der Waals surface area contributed by atoms with Gasteiger partial charge in [-0.15, -0.1) is 0 Å². The predicted molar refractivity (Wildman–Crippen MR) is 57.3 cm³/mol. The van der Waals surface area contributed by atoms with E-state index >= 15 is 0 Å². The summed E-state index contributed by atoms with van der Waals surface area (Å²) in [5.41, 5.74) is -0.708. The van der Waals surface area contributed by atoms with Gasteiger partial charge in [-0.2, -0.15) is 5.26 Å². The molecule has 0 radical (unpaired) electrons. The average molecular weight is 223 g/mol. The molecule has 0 spiro atoms. The molecule has 2 fully saturated rings. The van der Waals surface area contributed by atoms with Gasteiger partial charge in [-0.3, -0.25) is 9.69 Å². The largest absolute Gasteiger partial charge is 0.390 e. The Labute approximate surface area is 95.0 Å². The minimum atomic E-state index is -0.708. The van der Waals surface area contributed by atoms with Crippen LogP contribution in [0.4, 0.5) is 0 Å². The SMILES string of the molecule is CC(C#N)(NC(=O)CN1CC(O)C1)C1CC1. The van der Waals surface area contributed by atoms with E-state index in [1.807, 2.05) is 4.90 Å². The molecule has 5 nitrogen and oxygen atoms in total. The lowest BCUT2D eigenvalue weighted by molar-refractivity contribution is -0.126. The van der Waals surface area contributed by atoms with Crippen LogP contribution in [-0.4, -0.2) is 47.2 Å². The smallest absolute Gasteiger partial charge is 0.235 e. The fourth-order valence-corrected chi connectivity index (χ4v) is 2.09. The molecule has 16 heavy (non-hydrogen) atoms. The number of β-amino-alcohol motifs (C(OH)–C–C–N with tert-alkyl or cyclic N) is 1. The Bertz CT molecular complexity index is 329. The Hall–Kier alpha value is -1.12. The number of nitrogens with one attached hydrogen (secondary N) is 1. The molecule has 0 aromatic rings. The number of nitrogens with zero attached hydrogens (tertiary/aromatic N) is 2. The van der Waals surface area contributed by atoms with Crippen molar-refractivity contribution in [1.29, 1.82) is 5.26 Å². The number of carbonyl (C=O) groups is 1. The molecule has 2 rings (SSSR count). The van der Waals surface area contributed by atoms with Gasteiger partial charge in [0.25, 0.3) is 0 Å². The van der Waals surface area contributed by atoms with Gasteiger partial charge in [-0.05, 0) is 25.7 Å². The second-order valence-electron chi connectivity index (χ2n) is 4.98. The van der Waals surface area contributed by atoms with Crippen LogP contribution in [0, 0.1) is 17.2 Å². The highest BCUT2D eigenvalue weighted by Crippen LogP contribution is 2.39. The lowest BCUT2D eigenvalue weighted by Crippen LogP contribution is -2.56. The Morgan fingerprint density at radius 3 is 2.69 bits per heavy atom. The van der Waals surface area contributed by atoms with Crippen molar-refractivity contribution in [3.05, 3.63) is 0 Å². The summed E-state index contributed by atoms with van der Waals surface area (Å²) in [7, 11) is 0. The monoisotopic (exact) mass is 223 g/mol. The van der Waals surface area contributed by atoms with E-state index in [4.69, 9.17) is 10.4 Å². The predicted octanol–water partition coefficient (Wildman–Crippen LogP) is -0.529. The van der Waals surface area contributed by atoms with Gasteiger partial charge in [-0.1, -0.05) is 0 Å². The van der Waals surface area contributed by atoms with Crippen LogP contribution in [0.25, 0.3) is 0 Å². The fourth-order valence-electron chi connectivity index (χ4n) is 2.09. The number of hydrogen-bond donors (Lipinski definition) is 2. The van der Waals surface area contributed by atoms with Gasteiger partial charge >= 0.3 is 0 Å². The molecule has 88 valence electrons. The van der Waals surface area contributed by atoms with Crippen LogP contribution in [0.2, 0.25) is 0 Å². The summed E-state index contributed by atoms with van der Waals surface area (Å²) in [6.07, 6.45) is 1.75. The van der Waals surface area contributed by atoms with Crippen molar-refractivity contribution in [1.82, 2.24) is 10.2 Å². The minimum Gasteiger partial charge on any atom is -0.390 e. The zero-order valence-electron chi connectivity index (χ0n) is 9.44. The summed E-state index contributed by atoms with van der Waals surface area (Å²) in [4.78, 5) is 13.5. The first-order valence-corrected chi connectivity index (χ1v) is 5.66. The first kappa shape index (κ1) is 11.4. The first-order chi connectivity index (χ1) is 7.53. The van der Waals surface area contributed by atoms with E-state index < -0.39 is 5.54 Å². The first-order valence-electron chi connectivity index (χ1n) is 5.66. The maximum absolute atomic E-state index is 11.7. The van der Waals surface area contributed by atoms with Gasteiger partial charge in [0.05, 0.1) is 18.7 Å². The van der Waals surface area contributed by atoms with E-state index in [0.29, 0.717) is 19.0 Å². The molecular formula is C11H17N3O2. The molecule has 1 aliphatic heterocycles. The van der Waals surface area contributed by atoms with Crippen LogP contribution in [0.3, 0.4) is 0 Å². The van der Waals surface area contributed by atoms with Gasteiger partial charge < -0.3 is 10.4 Å². The van der Waals surface area contributed by atoms with Crippen LogP contribution < -0.4 is 5.32 Å². The van der Waals surface area contributed by atoms with Crippen molar-refractivity contribution in [3.8, 4) is 6.07 Å². The Balaban J connectivity index is 1.80. The van der Waals surface area contributed by atoms with Crippen molar-refractivity contribution in [2.24, 2.45) is 5.92 Å². The summed E-state index contributed by atoms with van der Waals surface area (Å²) in [6, 6.07) is 2.19. The van der Waals surface area contributed by atoms with Crippen LogP contribution in [0.15, 0.2) is 0 Å². The van der Waals surface area contributed by atoms with Gasteiger partial charge in [0, 0.05) is 13.1 Å². The molecule has 1 heterocycles. The van der Waals surface area contributed by atoms with Crippen LogP contribution in [0.5, 0.6) is 0 Å². The normalized spacial score (nSPS) is 25.3. The lowest BCUT2D eigenvalue weighted by atomic mass is 9.98. The van der Waals surface area contributed by atoms with Crippen molar-refractivity contribution in [2.75, 3.05) is 19.6 Å². The zero-order chi connectivity index (χ0) is 11.8. The minimum absolute atomic E-state index is 0.122. The third kappa shape index (κ3) is 2.34. The van der Waals surface area contributed by atoms with E-state index in [0.717, 1.165) is 12.8 Å². The topological polar surface area (TPSA) is 76.4 Å². The van der Waals surface area contributed by atoms with Crippen molar-refractivity contribution >= 4 is 5.91 Å². The highest BCUT2D eigenvalue weighted by Gasteiger charge is 2.43. The summed E-state index contributed by atoms with van der Waals surface area (Å²) in [5, 5.41) is 21.0. The van der Waals surface area contributed by atoms with Crippen LogP contribution in [-0.2, 0) is 4.79 Å². The molecule has 1 atom stereocenters. The lowest BCUT2D eigenvalue weighted by Gasteiger charge is -2.35. The molecule has 0 bridgehead atoms. The maximum Gasteiger partial charge on any atom is 0.235 e. The molecule has 0 aromatic heterocycles. The second-order valence-corrected chi connectivity index (χ2v) is 4.98. The van der Waals surface area contributed by atoms with E-state index in [9.17, 15) is 4.79 Å². The molecule has 2 aliphatic rings. The molecule has 2 N–H and O–H groups in total. The van der Waals surface area contributed by atoms with E-state index in [1.165, 1.54) is 0 Å². The van der Waals surface area contributed by atoms with E-state index in [-0.39, 0.29) is 18.6 Å². The molecule has 5 heteroatoms. The summed E-state index contributed by atoms with van der Waals surface area (Å²) in [6.45, 7) is 3.18. The summed E-state index contributed by atoms with van der Waals surface area (Å²) in [5.74, 6) is 0.186. The molecule has 1 amide bonds. The Kier molecular flexibility index (Phi) is 2.87. The zero-order valence-corrected chi connectivity index (χ0v) is 9.44. The van der Waals surface area contributed by atoms with Gasteiger partial charge in [0.2, 0.25) is 5.91 Å². The number of aliphatic hydroxyl groups excluding tert-OH is 1. The molecule has 0 aromatic carbocycles. The van der Waals surface area contributed by atoms with Crippen molar-refractivity contribution in [3.63, 3.8) is 0 Å². The molecular weight excluding hydrogens is 206 g/mol. The van der Waals surface area contributed by atoms with E-state index in [1.54, 1.807) is 6.92 Å². The highest BCUT2D eigenvalue weighted by atomic mass is 16.3. The fraction of sp³-hybridized carbons (Fsp3) is 0.818. The quantitative estimate of drug-likeness (QED) is 0.672. The van der Waals surface area contributed by atoms with Gasteiger partial charge in [-0.25, -0.2) is 0 Å². The number of carbonyl (C=O) groups excluding carboxylic acids is 1. The molecule has 1 unspecified atom stereocenters. The standard InChI is InChI=1S/C11H17N3O2/c1-11(7-12,8-2-3-8)13-10(16)6-14-4-9(15)5-14/h8-9,15H,2-6H2,1H3,(H,13,16). The Morgan fingerprint density at radius 2 is 2.25 bits per heavy atom. The molecule has 1 saturated heterocycles. The van der Waals surface area contributed by atoms with Crippen molar-refractivity contribution in [2.45, 2.75) is 31.4 Å². The number of hydrogen-bond acceptors (Lipinski definition) is 4.